The number of rotatable bonds is 7. The summed E-state index contributed by atoms with van der Waals surface area (Å²) in [5.74, 6) is 0.874. The zero-order valence-electron chi connectivity index (χ0n) is 21.8. The molecule has 2 aromatic rings. The van der Waals surface area contributed by atoms with Gasteiger partial charge in [-0.25, -0.2) is 9.59 Å². The molecule has 0 bridgehead atoms. The van der Waals surface area contributed by atoms with E-state index in [2.05, 4.69) is 48.7 Å². The fourth-order valence-electron chi connectivity index (χ4n) is 4.79. The van der Waals surface area contributed by atoms with Crippen molar-refractivity contribution in [2.24, 2.45) is 11.8 Å². The van der Waals surface area contributed by atoms with Crippen LogP contribution in [-0.2, 0) is 11.2 Å². The molecule has 1 heterocycles. The van der Waals surface area contributed by atoms with Gasteiger partial charge in [-0.05, 0) is 56.6 Å². The van der Waals surface area contributed by atoms with Crippen LogP contribution in [0, 0.1) is 11.8 Å². The molecule has 0 aromatic heterocycles. The second kappa shape index (κ2) is 12.1. The van der Waals surface area contributed by atoms with Crippen LogP contribution in [-0.4, -0.2) is 48.3 Å². The Hall–Kier alpha value is -3.02. The summed E-state index contributed by atoms with van der Waals surface area (Å²) in [6.45, 7) is 11.6. The van der Waals surface area contributed by atoms with Gasteiger partial charge in [-0.15, -0.1) is 0 Å². The minimum atomic E-state index is -0.567. The Labute approximate surface area is 210 Å². The van der Waals surface area contributed by atoms with Crippen molar-refractivity contribution >= 4 is 12.1 Å². The summed E-state index contributed by atoms with van der Waals surface area (Å²) in [6.07, 6.45) is 1.22. The normalized spacial score (nSPS) is 19.2. The Morgan fingerprint density at radius 2 is 1.63 bits per heavy atom. The zero-order chi connectivity index (χ0) is 25.4. The van der Waals surface area contributed by atoms with Crippen molar-refractivity contribution in [1.29, 1.82) is 0 Å². The average molecular weight is 480 g/mol. The van der Waals surface area contributed by atoms with E-state index in [1.165, 1.54) is 11.1 Å². The first-order chi connectivity index (χ1) is 16.6. The summed E-state index contributed by atoms with van der Waals surface area (Å²) >= 11 is 0. The van der Waals surface area contributed by atoms with Gasteiger partial charge in [0.15, 0.2) is 0 Å². The number of carbonyl (C=O) groups is 2. The number of piperidine rings is 1. The first kappa shape index (κ1) is 26.6. The highest BCUT2D eigenvalue weighted by atomic mass is 16.6. The van der Waals surface area contributed by atoms with Crippen LogP contribution < -0.4 is 10.6 Å². The average Bonchev–Trinajstić information content (AvgIpc) is 2.78. The van der Waals surface area contributed by atoms with E-state index in [0.717, 1.165) is 12.8 Å². The Balaban J connectivity index is 1.67. The Kier molecular flexibility index (Phi) is 9.19. The summed E-state index contributed by atoms with van der Waals surface area (Å²) in [7, 11) is 0. The SMILES string of the molecule is CC(C)C(CNC(=O)N1CC(Cc2ccccc2)CC(NC(=O)OC(C)(C)C)C1)c1ccccc1. The standard InChI is InChI=1S/C29H41N3O3/c1-21(2)26(24-14-10-7-11-15-24)18-30-27(33)32-19-23(16-22-12-8-6-9-13-22)17-25(20-32)31-28(34)35-29(3,4)5/h6-15,21,23,25-26H,16-20H2,1-5H3,(H,30,33)(H,31,34). The molecule has 1 fully saturated rings. The van der Waals surface area contributed by atoms with E-state index in [1.54, 1.807) is 0 Å². The molecule has 35 heavy (non-hydrogen) atoms. The lowest BCUT2D eigenvalue weighted by molar-refractivity contribution is 0.0461. The quantitative estimate of drug-likeness (QED) is 0.544. The molecule has 3 unspecified atom stereocenters. The number of urea groups is 1. The molecular weight excluding hydrogens is 438 g/mol. The van der Waals surface area contributed by atoms with Gasteiger partial charge in [0.1, 0.15) is 5.60 Å². The van der Waals surface area contributed by atoms with Crippen LogP contribution in [0.5, 0.6) is 0 Å². The van der Waals surface area contributed by atoms with Gasteiger partial charge in [-0.2, -0.15) is 0 Å². The molecular formula is C29H41N3O3. The van der Waals surface area contributed by atoms with E-state index in [-0.39, 0.29) is 23.9 Å². The molecule has 3 atom stereocenters. The van der Waals surface area contributed by atoms with Gasteiger partial charge in [0.05, 0.1) is 6.04 Å². The van der Waals surface area contributed by atoms with Gasteiger partial charge in [-0.3, -0.25) is 0 Å². The van der Waals surface area contributed by atoms with Crippen LogP contribution in [0.1, 0.15) is 58.1 Å². The molecule has 2 N–H and O–H groups in total. The predicted molar refractivity (Wildman–Crippen MR) is 140 cm³/mol. The summed E-state index contributed by atoms with van der Waals surface area (Å²) in [6, 6.07) is 20.4. The van der Waals surface area contributed by atoms with E-state index < -0.39 is 11.7 Å². The number of likely N-dealkylation sites (tertiary alicyclic amines) is 1. The molecule has 0 aliphatic carbocycles. The van der Waals surface area contributed by atoms with Gasteiger partial charge in [0.25, 0.3) is 0 Å². The smallest absolute Gasteiger partial charge is 0.407 e. The number of amides is 3. The number of nitrogens with zero attached hydrogens (tertiary/aromatic N) is 1. The first-order valence-corrected chi connectivity index (χ1v) is 12.7. The summed E-state index contributed by atoms with van der Waals surface area (Å²) in [4.78, 5) is 27.6. The number of alkyl carbamates (subject to hydrolysis) is 1. The summed E-state index contributed by atoms with van der Waals surface area (Å²) in [5, 5.41) is 6.17. The molecule has 190 valence electrons. The maximum atomic E-state index is 13.3. The largest absolute Gasteiger partial charge is 0.444 e. The second-order valence-corrected chi connectivity index (χ2v) is 11.0. The van der Waals surface area contributed by atoms with Gasteiger partial charge in [0, 0.05) is 25.6 Å². The summed E-state index contributed by atoms with van der Waals surface area (Å²) < 4.78 is 5.47. The lowest BCUT2D eigenvalue weighted by Crippen LogP contribution is -2.56. The molecule has 1 aliphatic rings. The number of ether oxygens (including phenoxy) is 1. The topological polar surface area (TPSA) is 70.7 Å². The number of carbonyl (C=O) groups excluding carboxylic acids is 2. The lowest BCUT2D eigenvalue weighted by Gasteiger charge is -2.38. The van der Waals surface area contributed by atoms with Gasteiger partial charge in [-0.1, -0.05) is 74.5 Å². The van der Waals surface area contributed by atoms with Crippen molar-refractivity contribution in [3.8, 4) is 0 Å². The zero-order valence-corrected chi connectivity index (χ0v) is 21.8. The third-order valence-corrected chi connectivity index (χ3v) is 6.42. The predicted octanol–water partition coefficient (Wildman–Crippen LogP) is 5.59. The summed E-state index contributed by atoms with van der Waals surface area (Å²) in [5.41, 5.74) is 1.90. The van der Waals surface area contributed by atoms with E-state index >= 15 is 0 Å². The van der Waals surface area contributed by atoms with Crippen molar-refractivity contribution in [3.63, 3.8) is 0 Å². The van der Waals surface area contributed by atoms with Crippen LogP contribution in [0.4, 0.5) is 9.59 Å². The molecule has 0 radical (unpaired) electrons. The van der Waals surface area contributed by atoms with E-state index in [0.29, 0.717) is 25.6 Å². The highest BCUT2D eigenvalue weighted by Gasteiger charge is 2.32. The monoisotopic (exact) mass is 479 g/mol. The molecule has 0 spiro atoms. The Morgan fingerprint density at radius 3 is 2.23 bits per heavy atom. The molecule has 1 saturated heterocycles. The van der Waals surface area contributed by atoms with E-state index in [4.69, 9.17) is 4.74 Å². The van der Waals surface area contributed by atoms with Crippen molar-refractivity contribution in [3.05, 3.63) is 71.8 Å². The van der Waals surface area contributed by atoms with E-state index in [9.17, 15) is 9.59 Å². The maximum absolute atomic E-state index is 13.3. The third-order valence-electron chi connectivity index (χ3n) is 6.42. The molecule has 2 aromatic carbocycles. The fraction of sp³-hybridized carbons (Fsp3) is 0.517. The number of hydrogen-bond donors (Lipinski definition) is 2. The van der Waals surface area contributed by atoms with Crippen molar-refractivity contribution in [1.82, 2.24) is 15.5 Å². The highest BCUT2D eigenvalue weighted by molar-refractivity contribution is 5.75. The van der Waals surface area contributed by atoms with Crippen LogP contribution in [0.15, 0.2) is 60.7 Å². The fourth-order valence-corrected chi connectivity index (χ4v) is 4.79. The molecule has 3 rings (SSSR count). The molecule has 1 aliphatic heterocycles. The van der Waals surface area contributed by atoms with Crippen molar-refractivity contribution in [2.45, 2.75) is 65.0 Å². The number of hydrogen-bond acceptors (Lipinski definition) is 3. The van der Waals surface area contributed by atoms with Crippen LogP contribution in [0.2, 0.25) is 0 Å². The van der Waals surface area contributed by atoms with Crippen LogP contribution in [0.3, 0.4) is 0 Å². The third kappa shape index (κ3) is 8.61. The molecule has 6 nitrogen and oxygen atoms in total. The first-order valence-electron chi connectivity index (χ1n) is 12.7. The minimum absolute atomic E-state index is 0.0830. The highest BCUT2D eigenvalue weighted by Crippen LogP contribution is 2.25. The van der Waals surface area contributed by atoms with Crippen LogP contribution >= 0.6 is 0 Å². The number of benzene rings is 2. The minimum Gasteiger partial charge on any atom is -0.444 e. The Bertz CT molecular complexity index is 941. The molecule has 6 heteroatoms. The second-order valence-electron chi connectivity index (χ2n) is 11.0. The van der Waals surface area contributed by atoms with Gasteiger partial charge < -0.3 is 20.3 Å². The lowest BCUT2D eigenvalue weighted by atomic mass is 9.88. The van der Waals surface area contributed by atoms with Crippen LogP contribution in [0.25, 0.3) is 0 Å². The van der Waals surface area contributed by atoms with Gasteiger partial charge in [0.2, 0.25) is 0 Å². The molecule has 0 saturated carbocycles. The van der Waals surface area contributed by atoms with Crippen molar-refractivity contribution in [2.75, 3.05) is 19.6 Å². The Morgan fingerprint density at radius 1 is 1.00 bits per heavy atom. The number of nitrogens with one attached hydrogen (secondary N) is 2. The molecule has 3 amide bonds. The maximum Gasteiger partial charge on any atom is 0.407 e. The van der Waals surface area contributed by atoms with Crippen molar-refractivity contribution < 1.29 is 14.3 Å². The van der Waals surface area contributed by atoms with E-state index in [1.807, 2.05) is 62.1 Å². The van der Waals surface area contributed by atoms with Gasteiger partial charge >= 0.3 is 12.1 Å².